The van der Waals surface area contributed by atoms with Crippen LogP contribution in [-0.4, -0.2) is 57.4 Å². The fourth-order valence-electron chi connectivity index (χ4n) is 3.01. The van der Waals surface area contributed by atoms with Crippen LogP contribution in [0, 0.1) is 12.8 Å². The summed E-state index contributed by atoms with van der Waals surface area (Å²) in [5, 5.41) is 3.37. The number of hydrogen-bond donors (Lipinski definition) is 1. The van der Waals surface area contributed by atoms with Crippen LogP contribution in [0.3, 0.4) is 0 Å². The molecule has 1 N–H and O–H groups in total. The van der Waals surface area contributed by atoms with Gasteiger partial charge >= 0.3 is 0 Å². The van der Waals surface area contributed by atoms with Gasteiger partial charge in [-0.25, -0.2) is 4.99 Å². The normalized spacial score (nSPS) is 15.9. The second-order valence-corrected chi connectivity index (χ2v) is 6.67. The zero-order chi connectivity index (χ0) is 17.9. The molecular formula is C20H33N3O2. The molecule has 0 saturated carbocycles. The third-order valence-electron chi connectivity index (χ3n) is 4.52. The fourth-order valence-corrected chi connectivity index (χ4v) is 3.01. The topological polar surface area (TPSA) is 46.1 Å². The van der Waals surface area contributed by atoms with Crippen LogP contribution >= 0.6 is 0 Å². The Bertz CT molecular complexity index is 527. The van der Waals surface area contributed by atoms with Gasteiger partial charge < -0.3 is 19.7 Å². The molecule has 2 rings (SSSR count). The molecule has 0 radical (unpaired) electrons. The van der Waals surface area contributed by atoms with E-state index in [1.807, 2.05) is 12.1 Å². The molecule has 1 fully saturated rings. The zero-order valence-corrected chi connectivity index (χ0v) is 16.0. The minimum Gasteiger partial charge on any atom is -0.492 e. The molecule has 25 heavy (non-hydrogen) atoms. The second kappa shape index (κ2) is 11.0. The third-order valence-corrected chi connectivity index (χ3v) is 4.52. The molecule has 0 spiro atoms. The zero-order valence-electron chi connectivity index (χ0n) is 16.0. The van der Waals surface area contributed by atoms with Crippen molar-refractivity contribution in [3.63, 3.8) is 0 Å². The molecule has 0 amide bonds. The second-order valence-electron chi connectivity index (χ2n) is 6.67. The van der Waals surface area contributed by atoms with Crippen molar-refractivity contribution in [1.29, 1.82) is 0 Å². The van der Waals surface area contributed by atoms with E-state index in [0.29, 0.717) is 13.2 Å². The van der Waals surface area contributed by atoms with E-state index >= 15 is 0 Å². The van der Waals surface area contributed by atoms with Crippen LogP contribution in [0.25, 0.3) is 0 Å². The number of guanidine groups is 1. The van der Waals surface area contributed by atoms with Crippen molar-refractivity contribution >= 4 is 5.96 Å². The Hall–Kier alpha value is -1.75. The molecule has 1 aromatic carbocycles. The lowest BCUT2D eigenvalue weighted by Crippen LogP contribution is -2.40. The molecule has 140 valence electrons. The van der Waals surface area contributed by atoms with E-state index in [1.54, 1.807) is 0 Å². The SMILES string of the molecule is CCNC(=NCCOc1cccc(C)c1)N(C)CCC1CCOCC1. The van der Waals surface area contributed by atoms with E-state index in [2.05, 4.69) is 43.2 Å². The maximum atomic E-state index is 5.78. The smallest absolute Gasteiger partial charge is 0.193 e. The van der Waals surface area contributed by atoms with Crippen molar-refractivity contribution < 1.29 is 9.47 Å². The Morgan fingerprint density at radius 1 is 1.36 bits per heavy atom. The first-order chi connectivity index (χ1) is 12.2. The standard InChI is InChI=1S/C20H33N3O2/c1-4-21-20(23(3)12-8-18-9-13-24-14-10-18)22-11-15-25-19-7-5-6-17(2)16-19/h5-7,16,18H,4,8-15H2,1-3H3,(H,21,22). The highest BCUT2D eigenvalue weighted by atomic mass is 16.5. The van der Waals surface area contributed by atoms with E-state index in [9.17, 15) is 0 Å². The van der Waals surface area contributed by atoms with Gasteiger partial charge in [0.15, 0.2) is 5.96 Å². The molecule has 0 unspecified atom stereocenters. The number of rotatable bonds is 8. The maximum absolute atomic E-state index is 5.78. The van der Waals surface area contributed by atoms with Gasteiger partial charge in [0.25, 0.3) is 0 Å². The minimum atomic E-state index is 0.589. The number of aliphatic imine (C=N–C) groups is 1. The van der Waals surface area contributed by atoms with Gasteiger partial charge in [0.1, 0.15) is 12.4 Å². The number of hydrogen-bond acceptors (Lipinski definition) is 3. The van der Waals surface area contributed by atoms with Gasteiger partial charge in [0.2, 0.25) is 0 Å². The van der Waals surface area contributed by atoms with Crippen molar-refractivity contribution in [2.24, 2.45) is 10.9 Å². The van der Waals surface area contributed by atoms with Crippen LogP contribution < -0.4 is 10.1 Å². The van der Waals surface area contributed by atoms with Crippen LogP contribution in [0.1, 0.15) is 31.7 Å². The van der Waals surface area contributed by atoms with E-state index in [-0.39, 0.29) is 0 Å². The molecule has 0 bridgehead atoms. The predicted octanol–water partition coefficient (Wildman–Crippen LogP) is 3.09. The largest absolute Gasteiger partial charge is 0.492 e. The van der Waals surface area contributed by atoms with Crippen LogP contribution in [0.4, 0.5) is 0 Å². The molecule has 1 aliphatic rings. The molecule has 1 saturated heterocycles. The van der Waals surface area contributed by atoms with Gasteiger partial charge in [-0.3, -0.25) is 0 Å². The minimum absolute atomic E-state index is 0.589. The van der Waals surface area contributed by atoms with Gasteiger partial charge in [-0.1, -0.05) is 12.1 Å². The summed E-state index contributed by atoms with van der Waals surface area (Å²) in [6.45, 7) is 9.14. The molecule has 1 heterocycles. The van der Waals surface area contributed by atoms with Crippen molar-refractivity contribution in [1.82, 2.24) is 10.2 Å². The molecule has 5 nitrogen and oxygen atoms in total. The first-order valence-corrected chi connectivity index (χ1v) is 9.45. The highest BCUT2D eigenvalue weighted by Crippen LogP contribution is 2.18. The molecular weight excluding hydrogens is 314 g/mol. The summed E-state index contributed by atoms with van der Waals surface area (Å²) in [5.74, 6) is 2.65. The van der Waals surface area contributed by atoms with Crippen LogP contribution in [-0.2, 0) is 4.74 Å². The molecule has 0 atom stereocenters. The molecule has 5 heteroatoms. The number of aryl methyl sites for hydroxylation is 1. The summed E-state index contributed by atoms with van der Waals surface area (Å²) in [5.41, 5.74) is 1.21. The van der Waals surface area contributed by atoms with Crippen molar-refractivity contribution in [2.75, 3.05) is 46.5 Å². The highest BCUT2D eigenvalue weighted by molar-refractivity contribution is 5.79. The van der Waals surface area contributed by atoms with Crippen molar-refractivity contribution in [3.05, 3.63) is 29.8 Å². The average Bonchev–Trinajstić information content (AvgIpc) is 2.63. The number of nitrogens with one attached hydrogen (secondary N) is 1. The third kappa shape index (κ3) is 7.34. The summed E-state index contributed by atoms with van der Waals surface area (Å²) in [4.78, 5) is 6.92. The van der Waals surface area contributed by atoms with Gasteiger partial charge in [0.05, 0.1) is 6.54 Å². The fraction of sp³-hybridized carbons (Fsp3) is 0.650. The lowest BCUT2D eigenvalue weighted by molar-refractivity contribution is 0.0625. The summed E-state index contributed by atoms with van der Waals surface area (Å²) in [7, 11) is 2.11. The van der Waals surface area contributed by atoms with E-state index < -0.39 is 0 Å². The average molecular weight is 348 g/mol. The first kappa shape index (κ1) is 19.6. The predicted molar refractivity (Wildman–Crippen MR) is 103 cm³/mol. The van der Waals surface area contributed by atoms with E-state index in [1.165, 1.54) is 24.8 Å². The molecule has 1 aromatic rings. The quantitative estimate of drug-likeness (QED) is 0.446. The Morgan fingerprint density at radius 3 is 2.88 bits per heavy atom. The molecule has 1 aliphatic heterocycles. The van der Waals surface area contributed by atoms with Gasteiger partial charge in [-0.05, 0) is 56.7 Å². The van der Waals surface area contributed by atoms with E-state index in [0.717, 1.165) is 43.9 Å². The number of ether oxygens (including phenoxy) is 2. The van der Waals surface area contributed by atoms with Crippen molar-refractivity contribution in [2.45, 2.75) is 33.1 Å². The molecule has 0 aliphatic carbocycles. The Labute approximate surface area is 152 Å². The lowest BCUT2D eigenvalue weighted by atomic mass is 9.96. The summed E-state index contributed by atoms with van der Waals surface area (Å²) < 4.78 is 11.2. The van der Waals surface area contributed by atoms with Gasteiger partial charge in [-0.15, -0.1) is 0 Å². The Balaban J connectivity index is 1.75. The summed E-state index contributed by atoms with van der Waals surface area (Å²) in [6.07, 6.45) is 3.57. The van der Waals surface area contributed by atoms with Crippen LogP contribution in [0.2, 0.25) is 0 Å². The maximum Gasteiger partial charge on any atom is 0.193 e. The number of nitrogens with zero attached hydrogens (tertiary/aromatic N) is 2. The lowest BCUT2D eigenvalue weighted by Gasteiger charge is -2.26. The van der Waals surface area contributed by atoms with Gasteiger partial charge in [0, 0.05) is 33.4 Å². The Morgan fingerprint density at radius 2 is 2.16 bits per heavy atom. The molecule has 0 aromatic heterocycles. The summed E-state index contributed by atoms with van der Waals surface area (Å²) >= 11 is 0. The Kier molecular flexibility index (Phi) is 8.60. The van der Waals surface area contributed by atoms with Crippen LogP contribution in [0.15, 0.2) is 29.3 Å². The van der Waals surface area contributed by atoms with E-state index in [4.69, 9.17) is 14.5 Å². The number of benzene rings is 1. The van der Waals surface area contributed by atoms with Crippen LogP contribution in [0.5, 0.6) is 5.75 Å². The summed E-state index contributed by atoms with van der Waals surface area (Å²) in [6, 6.07) is 8.13. The van der Waals surface area contributed by atoms with Crippen molar-refractivity contribution in [3.8, 4) is 5.75 Å². The first-order valence-electron chi connectivity index (χ1n) is 9.45. The monoisotopic (exact) mass is 347 g/mol. The highest BCUT2D eigenvalue weighted by Gasteiger charge is 2.15. The van der Waals surface area contributed by atoms with Gasteiger partial charge in [-0.2, -0.15) is 0 Å².